The molecule has 6 rings (SSSR count). The van der Waals surface area contributed by atoms with Crippen LogP contribution in [0.2, 0.25) is 5.02 Å². The van der Waals surface area contributed by atoms with Crippen molar-refractivity contribution in [2.75, 3.05) is 21.2 Å². The molecule has 3 aromatic rings. The van der Waals surface area contributed by atoms with Gasteiger partial charge < -0.3 is 47.6 Å². The lowest BCUT2D eigenvalue weighted by atomic mass is 9.73. The van der Waals surface area contributed by atoms with Gasteiger partial charge in [-0.3, -0.25) is 14.6 Å². The maximum Gasteiger partial charge on any atom is 0.509 e. The molecule has 15 nitrogen and oxygen atoms in total. The van der Waals surface area contributed by atoms with Crippen molar-refractivity contribution in [3.63, 3.8) is 0 Å². The van der Waals surface area contributed by atoms with E-state index in [2.05, 4.69) is 11.1 Å². The largest absolute Gasteiger partial charge is 0.509 e. The van der Waals surface area contributed by atoms with E-state index < -0.39 is 89.8 Å². The van der Waals surface area contributed by atoms with E-state index in [-0.39, 0.29) is 31.6 Å². The van der Waals surface area contributed by atoms with Crippen LogP contribution in [0.5, 0.6) is 0 Å². The molecule has 0 radical (unpaired) electrons. The number of rotatable bonds is 13. The van der Waals surface area contributed by atoms with Crippen LogP contribution in [-0.2, 0) is 65.3 Å². The number of hydrogen-bond acceptors (Lipinski definition) is 15. The number of halogens is 1. The number of cyclic esters (lactones) is 1. The molecule has 0 amide bonds. The highest BCUT2D eigenvalue weighted by Crippen LogP contribution is 2.43. The van der Waals surface area contributed by atoms with Crippen LogP contribution in [0.15, 0.2) is 78.4 Å². The minimum absolute atomic E-state index is 0.0591. The van der Waals surface area contributed by atoms with E-state index in [9.17, 15) is 14.4 Å². The van der Waals surface area contributed by atoms with Gasteiger partial charge in [0, 0.05) is 60.2 Å². The Morgan fingerprint density at radius 3 is 2.38 bits per heavy atom. The SMILES string of the molecule is CC[C@H]1OC(=O)[C@H](C)[C@@H](O/C=C\Cc2cncc3ccccc23)[C@H](C)[C@@H](O[C@@H]2O[C@H](C)C[C@H](N(C)C)[C@H]2OC(C)=O)[C@](C)(OC)C[C@@H](C)/C(=N\OCc2ccccc2Cl)[C@H](C)[C@H]2OC(=O)O[C@@]21C. The van der Waals surface area contributed by atoms with Crippen LogP contribution in [-0.4, -0.2) is 115 Å². The minimum atomic E-state index is -1.43. The van der Waals surface area contributed by atoms with Crippen LogP contribution >= 0.6 is 11.6 Å². The third-order valence-electron chi connectivity index (χ3n) is 14.0. The van der Waals surface area contributed by atoms with Crippen LogP contribution < -0.4 is 0 Å². The second-order valence-electron chi connectivity index (χ2n) is 19.3. The Kier molecular flexibility index (Phi) is 17.6. The smallest absolute Gasteiger partial charge is 0.497 e. The molecule has 68 heavy (non-hydrogen) atoms. The molecule has 0 bridgehead atoms. The lowest BCUT2D eigenvalue weighted by molar-refractivity contribution is -0.303. The molecule has 0 spiro atoms. The summed E-state index contributed by atoms with van der Waals surface area (Å²) < 4.78 is 51.5. The number of carbonyl (C=O) groups excluding carboxylic acids is 3. The zero-order valence-corrected chi connectivity index (χ0v) is 42.3. The number of oxime groups is 1. The first-order chi connectivity index (χ1) is 32.3. The minimum Gasteiger partial charge on any atom is -0.497 e. The number of aromatic nitrogens is 1. The number of methoxy groups -OCH3 is 1. The van der Waals surface area contributed by atoms with E-state index in [0.29, 0.717) is 23.6 Å². The van der Waals surface area contributed by atoms with Crippen molar-refractivity contribution in [3.8, 4) is 0 Å². The average Bonchev–Trinajstić information content (AvgIpc) is 3.62. The fourth-order valence-electron chi connectivity index (χ4n) is 10.4. The number of hydrogen-bond donors (Lipinski definition) is 0. The highest BCUT2D eigenvalue weighted by atomic mass is 35.5. The van der Waals surface area contributed by atoms with Crippen molar-refractivity contribution >= 4 is 46.2 Å². The monoisotopic (exact) mass is 963 g/mol. The number of carbonyl (C=O) groups is 3. The molecule has 0 aliphatic carbocycles. The Hall–Kier alpha value is -4.80. The van der Waals surface area contributed by atoms with Gasteiger partial charge in [-0.15, -0.1) is 0 Å². The van der Waals surface area contributed by atoms with E-state index in [1.807, 2.05) is 115 Å². The van der Waals surface area contributed by atoms with Gasteiger partial charge in [-0.1, -0.05) is 86.9 Å². The quantitative estimate of drug-likeness (QED) is 0.0689. The lowest BCUT2D eigenvalue weighted by Gasteiger charge is -2.49. The topological polar surface area (TPSA) is 163 Å². The number of esters is 2. The second-order valence-corrected chi connectivity index (χ2v) is 19.7. The molecule has 3 aliphatic heterocycles. The van der Waals surface area contributed by atoms with E-state index in [1.54, 1.807) is 33.3 Å². The van der Waals surface area contributed by atoms with Gasteiger partial charge in [0.25, 0.3) is 0 Å². The summed E-state index contributed by atoms with van der Waals surface area (Å²) in [6, 6.07) is 15.1. The maximum atomic E-state index is 14.8. The van der Waals surface area contributed by atoms with Crippen molar-refractivity contribution in [2.45, 2.75) is 155 Å². The fraction of sp³-hybridized carbons (Fsp3) is 0.596. The van der Waals surface area contributed by atoms with Gasteiger partial charge in [-0.2, -0.15) is 0 Å². The second kappa shape index (κ2) is 22.7. The molecular formula is C52H70ClN3O12. The van der Waals surface area contributed by atoms with Crippen molar-refractivity contribution in [2.24, 2.45) is 28.8 Å². The van der Waals surface area contributed by atoms with Crippen molar-refractivity contribution < 1.29 is 57.1 Å². The van der Waals surface area contributed by atoms with Gasteiger partial charge in [0.15, 0.2) is 24.1 Å². The summed E-state index contributed by atoms with van der Waals surface area (Å²) >= 11 is 6.52. The average molecular weight is 965 g/mol. The zero-order chi connectivity index (χ0) is 49.5. The first-order valence-corrected chi connectivity index (χ1v) is 24.0. The predicted molar refractivity (Wildman–Crippen MR) is 257 cm³/mol. The summed E-state index contributed by atoms with van der Waals surface area (Å²) in [6.45, 7) is 16.5. The van der Waals surface area contributed by atoms with Gasteiger partial charge >= 0.3 is 18.1 Å². The summed E-state index contributed by atoms with van der Waals surface area (Å²) in [5, 5.41) is 7.38. The highest BCUT2D eigenvalue weighted by molar-refractivity contribution is 6.31. The van der Waals surface area contributed by atoms with E-state index >= 15 is 0 Å². The van der Waals surface area contributed by atoms with Gasteiger partial charge in [0.1, 0.15) is 18.8 Å². The number of ether oxygens (including phenoxy) is 8. The summed E-state index contributed by atoms with van der Waals surface area (Å²) in [4.78, 5) is 53.3. The Labute approximate surface area is 406 Å². The molecule has 372 valence electrons. The van der Waals surface area contributed by atoms with Gasteiger partial charge in [-0.05, 0) is 90.6 Å². The number of allylic oxidation sites excluding steroid dienone is 1. The Balaban J connectivity index is 1.48. The molecule has 4 heterocycles. The number of fused-ring (bicyclic) bond motifs is 2. The molecule has 0 saturated carbocycles. The molecule has 3 saturated heterocycles. The molecule has 1 aromatic heterocycles. The summed E-state index contributed by atoms with van der Waals surface area (Å²) in [6.07, 6.45) is 1.99. The number of pyridine rings is 1. The van der Waals surface area contributed by atoms with Crippen molar-refractivity contribution in [1.29, 1.82) is 0 Å². The van der Waals surface area contributed by atoms with Crippen LogP contribution in [0.25, 0.3) is 10.8 Å². The maximum absolute atomic E-state index is 14.8. The van der Waals surface area contributed by atoms with Gasteiger partial charge in [0.05, 0.1) is 41.7 Å². The summed E-state index contributed by atoms with van der Waals surface area (Å²) in [5.74, 6) is -3.72. The third kappa shape index (κ3) is 11.8. The normalized spacial score (nSPS) is 34.5. The fourth-order valence-corrected chi connectivity index (χ4v) is 10.6. The van der Waals surface area contributed by atoms with Gasteiger partial charge in [0.2, 0.25) is 0 Å². The molecule has 14 atom stereocenters. The zero-order valence-electron chi connectivity index (χ0n) is 41.5. The van der Waals surface area contributed by atoms with Crippen LogP contribution in [0.4, 0.5) is 4.79 Å². The first kappa shape index (κ1) is 52.6. The predicted octanol–water partition coefficient (Wildman–Crippen LogP) is 9.25. The third-order valence-corrected chi connectivity index (χ3v) is 14.4. The van der Waals surface area contributed by atoms with Crippen molar-refractivity contribution in [1.82, 2.24) is 9.88 Å². The van der Waals surface area contributed by atoms with E-state index in [1.165, 1.54) is 6.92 Å². The van der Waals surface area contributed by atoms with Crippen molar-refractivity contribution in [3.05, 3.63) is 89.4 Å². The number of benzene rings is 2. The summed E-state index contributed by atoms with van der Waals surface area (Å²) in [7, 11) is 5.46. The number of likely N-dealkylation sites (N-methyl/N-ethyl adjacent to an activating group) is 1. The molecule has 0 N–H and O–H groups in total. The lowest BCUT2D eigenvalue weighted by Crippen LogP contribution is -2.61. The van der Waals surface area contributed by atoms with E-state index in [0.717, 1.165) is 21.9 Å². The Bertz CT molecular complexity index is 2270. The standard InChI is InChI=1S/C52H70ClN3O12/c1-13-42-52(9)47(67-50(59)68-52)32(4)43(55-62-29-38-20-15-17-23-40(38)53)30(2)26-51(8,60-12)46(66-49-45(64-35(7)57)41(56(10)11)25-31(3)63-49)33(5)44(34(6)48(58)65-42)61-24-18-21-37-28-54-27-36-19-14-16-22-39(36)37/h14-20,22-24,27-28,30-34,41-42,44-47,49H,13,21,25-26,29H2,1-12H3/b24-18-,55-43+/t30-,31-,32+,33+,34-,41+,42-,44+,45-,46-,47-,49+,51-,52-/m1/s1. The van der Waals surface area contributed by atoms with Gasteiger partial charge in [-0.25, -0.2) is 4.79 Å². The molecule has 3 fully saturated rings. The molecular weight excluding hydrogens is 894 g/mol. The number of nitrogens with zero attached hydrogens (tertiary/aromatic N) is 3. The molecule has 3 aliphatic rings. The first-order valence-electron chi connectivity index (χ1n) is 23.7. The molecule has 0 unspecified atom stereocenters. The highest BCUT2D eigenvalue weighted by Gasteiger charge is 2.59. The van der Waals surface area contributed by atoms with Crippen LogP contribution in [0.1, 0.15) is 92.7 Å². The van der Waals surface area contributed by atoms with E-state index in [4.69, 9.17) is 59.5 Å². The van der Waals surface area contributed by atoms with Crippen LogP contribution in [0.3, 0.4) is 0 Å². The Morgan fingerprint density at radius 2 is 1.69 bits per heavy atom. The molecule has 2 aromatic carbocycles. The molecule has 16 heteroatoms. The van der Waals surface area contributed by atoms with Crippen LogP contribution in [0, 0.1) is 23.7 Å². The summed E-state index contributed by atoms with van der Waals surface area (Å²) in [5.41, 5.74) is -0.379. The Morgan fingerprint density at radius 1 is 0.971 bits per heavy atom.